The molecule has 1 aliphatic rings. The van der Waals surface area contributed by atoms with Crippen LogP contribution >= 0.6 is 11.3 Å². The van der Waals surface area contributed by atoms with Gasteiger partial charge in [-0.15, -0.1) is 0 Å². The summed E-state index contributed by atoms with van der Waals surface area (Å²) in [5.74, 6) is 0.653. The van der Waals surface area contributed by atoms with E-state index in [0.717, 1.165) is 19.4 Å². The summed E-state index contributed by atoms with van der Waals surface area (Å²) in [6.07, 6.45) is 2.01. The van der Waals surface area contributed by atoms with E-state index in [1.807, 2.05) is 0 Å². The lowest BCUT2D eigenvalue weighted by atomic mass is 10.2. The molecule has 0 bridgehead atoms. The van der Waals surface area contributed by atoms with Crippen LogP contribution in [0.3, 0.4) is 0 Å². The van der Waals surface area contributed by atoms with Crippen molar-refractivity contribution < 1.29 is 9.90 Å². The molecule has 20 heavy (non-hydrogen) atoms. The van der Waals surface area contributed by atoms with Gasteiger partial charge < -0.3 is 21.1 Å². The lowest BCUT2D eigenvalue weighted by Crippen LogP contribution is -2.35. The fourth-order valence-electron chi connectivity index (χ4n) is 1.93. The molecular weight excluding hydrogens is 276 g/mol. The third kappa shape index (κ3) is 3.61. The van der Waals surface area contributed by atoms with Crippen LogP contribution in [0.25, 0.3) is 0 Å². The second-order valence-corrected chi connectivity index (χ2v) is 6.46. The number of aliphatic hydroxyl groups excluding tert-OH is 1. The van der Waals surface area contributed by atoms with Crippen molar-refractivity contribution >= 4 is 28.2 Å². The molecule has 0 aromatic carbocycles. The minimum Gasteiger partial charge on any atom is -0.395 e. The highest BCUT2D eigenvalue weighted by atomic mass is 32.1. The summed E-state index contributed by atoms with van der Waals surface area (Å²) < 4.78 is 0. The van der Waals surface area contributed by atoms with E-state index in [0.29, 0.717) is 22.5 Å². The van der Waals surface area contributed by atoms with E-state index in [2.05, 4.69) is 24.1 Å². The molecule has 0 aliphatic heterocycles. The van der Waals surface area contributed by atoms with Crippen LogP contribution in [0.1, 0.15) is 36.4 Å². The Hall–Kier alpha value is -1.34. The molecule has 4 N–H and O–H groups in total. The number of hydrogen-bond acceptors (Lipinski definition) is 6. The van der Waals surface area contributed by atoms with Crippen molar-refractivity contribution in [1.29, 1.82) is 0 Å². The molecule has 1 fully saturated rings. The molecule has 1 saturated carbocycles. The maximum atomic E-state index is 12.5. The Balaban J connectivity index is 2.08. The highest BCUT2D eigenvalue weighted by molar-refractivity contribution is 7.18. The minimum atomic E-state index is -0.117. The summed E-state index contributed by atoms with van der Waals surface area (Å²) >= 11 is 1.29. The second kappa shape index (κ2) is 6.41. The molecule has 0 atom stereocenters. The summed E-state index contributed by atoms with van der Waals surface area (Å²) in [6.45, 7) is 5.33. The Labute approximate surface area is 123 Å². The molecule has 1 aromatic heterocycles. The van der Waals surface area contributed by atoms with E-state index in [-0.39, 0.29) is 24.4 Å². The highest BCUT2D eigenvalue weighted by Gasteiger charge is 2.34. The number of carbonyl (C=O) groups is 1. The molecule has 1 heterocycles. The maximum Gasteiger partial charge on any atom is 0.268 e. The molecule has 6 nitrogen and oxygen atoms in total. The molecule has 2 rings (SSSR count). The summed E-state index contributed by atoms with van der Waals surface area (Å²) in [5, 5.41) is 12.9. The minimum absolute atomic E-state index is 0.0284. The lowest BCUT2D eigenvalue weighted by molar-refractivity contribution is 0.0713. The van der Waals surface area contributed by atoms with E-state index >= 15 is 0 Å². The van der Waals surface area contributed by atoms with Crippen LogP contribution in [0.5, 0.6) is 0 Å². The quantitative estimate of drug-likeness (QED) is 0.707. The van der Waals surface area contributed by atoms with Crippen molar-refractivity contribution in [3.63, 3.8) is 0 Å². The smallest absolute Gasteiger partial charge is 0.268 e. The van der Waals surface area contributed by atoms with Crippen molar-refractivity contribution in [1.82, 2.24) is 9.88 Å². The predicted octanol–water partition coefficient (Wildman–Crippen LogP) is 1.39. The largest absolute Gasteiger partial charge is 0.395 e. The Kier molecular flexibility index (Phi) is 4.82. The number of anilines is 2. The predicted molar refractivity (Wildman–Crippen MR) is 81.0 cm³/mol. The normalized spacial score (nSPS) is 14.6. The number of aromatic nitrogens is 1. The third-order valence-corrected chi connectivity index (χ3v) is 4.12. The van der Waals surface area contributed by atoms with Crippen molar-refractivity contribution in [3.05, 3.63) is 4.88 Å². The average Bonchev–Trinajstić information content (AvgIpc) is 3.16. The van der Waals surface area contributed by atoms with Gasteiger partial charge in [0, 0.05) is 19.1 Å². The van der Waals surface area contributed by atoms with Gasteiger partial charge in [0.2, 0.25) is 0 Å². The van der Waals surface area contributed by atoms with E-state index < -0.39 is 0 Å². The lowest BCUT2D eigenvalue weighted by Gasteiger charge is -2.20. The highest BCUT2D eigenvalue weighted by Crippen LogP contribution is 2.32. The van der Waals surface area contributed by atoms with Gasteiger partial charge in [-0.2, -0.15) is 0 Å². The number of nitrogens with zero attached hydrogens (tertiary/aromatic N) is 2. The first-order chi connectivity index (χ1) is 9.52. The number of nitrogens with one attached hydrogen (secondary N) is 1. The van der Waals surface area contributed by atoms with Crippen LogP contribution in [0, 0.1) is 5.92 Å². The van der Waals surface area contributed by atoms with Gasteiger partial charge in [-0.1, -0.05) is 25.2 Å². The van der Waals surface area contributed by atoms with E-state index in [1.54, 1.807) is 4.90 Å². The number of aliphatic hydroxyl groups is 1. The fourth-order valence-corrected chi connectivity index (χ4v) is 2.77. The van der Waals surface area contributed by atoms with Crippen molar-refractivity contribution in [2.24, 2.45) is 5.92 Å². The van der Waals surface area contributed by atoms with E-state index in [1.165, 1.54) is 11.3 Å². The summed E-state index contributed by atoms with van der Waals surface area (Å²) in [6, 6.07) is 0.253. The summed E-state index contributed by atoms with van der Waals surface area (Å²) in [5.41, 5.74) is 5.85. The molecule has 1 aromatic rings. The van der Waals surface area contributed by atoms with Crippen LogP contribution < -0.4 is 11.1 Å². The standard InChI is InChI=1S/C13H22N4O2S/c1-8(2)7-15-13-16-11(14)10(20-13)12(19)17(5-6-18)9-3-4-9/h8-9,18H,3-7,14H2,1-2H3,(H,15,16). The van der Waals surface area contributed by atoms with E-state index in [4.69, 9.17) is 10.8 Å². The van der Waals surface area contributed by atoms with Crippen LogP contribution in [0.2, 0.25) is 0 Å². The molecule has 0 unspecified atom stereocenters. The zero-order chi connectivity index (χ0) is 14.7. The Morgan fingerprint density at radius 1 is 1.60 bits per heavy atom. The van der Waals surface area contributed by atoms with Gasteiger partial charge in [0.05, 0.1) is 6.61 Å². The van der Waals surface area contributed by atoms with Gasteiger partial charge >= 0.3 is 0 Å². The number of nitrogen functional groups attached to an aromatic ring is 1. The van der Waals surface area contributed by atoms with Crippen LogP contribution in [0.15, 0.2) is 0 Å². The summed E-state index contributed by atoms with van der Waals surface area (Å²) in [7, 11) is 0. The topological polar surface area (TPSA) is 91.5 Å². The molecule has 112 valence electrons. The number of amides is 1. The van der Waals surface area contributed by atoms with Gasteiger partial charge in [0.15, 0.2) is 5.13 Å². The Morgan fingerprint density at radius 3 is 2.85 bits per heavy atom. The monoisotopic (exact) mass is 298 g/mol. The zero-order valence-corrected chi connectivity index (χ0v) is 12.7. The van der Waals surface area contributed by atoms with Gasteiger partial charge in [-0.3, -0.25) is 4.79 Å². The SMILES string of the molecule is CC(C)CNc1nc(N)c(C(=O)N(CCO)C2CC2)s1. The first-order valence-corrected chi connectivity index (χ1v) is 7.76. The van der Waals surface area contributed by atoms with Gasteiger partial charge in [-0.05, 0) is 18.8 Å². The van der Waals surface area contributed by atoms with E-state index in [9.17, 15) is 4.79 Å². The number of thiazole rings is 1. The average molecular weight is 298 g/mol. The molecule has 7 heteroatoms. The molecule has 0 spiro atoms. The van der Waals surface area contributed by atoms with Crippen LogP contribution in [0.4, 0.5) is 10.9 Å². The third-order valence-electron chi connectivity index (χ3n) is 3.10. The van der Waals surface area contributed by atoms with Crippen LogP contribution in [-0.2, 0) is 0 Å². The van der Waals surface area contributed by atoms with Crippen molar-refractivity contribution in [2.45, 2.75) is 32.7 Å². The van der Waals surface area contributed by atoms with Gasteiger partial charge in [0.25, 0.3) is 5.91 Å². The Bertz CT molecular complexity index is 471. The fraction of sp³-hybridized carbons (Fsp3) is 0.692. The number of carbonyl (C=O) groups excluding carboxylic acids is 1. The second-order valence-electron chi connectivity index (χ2n) is 5.46. The zero-order valence-electron chi connectivity index (χ0n) is 11.9. The number of rotatable bonds is 7. The summed E-state index contributed by atoms with van der Waals surface area (Å²) in [4.78, 5) is 18.8. The van der Waals surface area contributed by atoms with Crippen molar-refractivity contribution in [2.75, 3.05) is 30.7 Å². The number of hydrogen-bond donors (Lipinski definition) is 3. The van der Waals surface area contributed by atoms with Crippen molar-refractivity contribution in [3.8, 4) is 0 Å². The van der Waals surface area contributed by atoms with Gasteiger partial charge in [0.1, 0.15) is 10.7 Å². The molecule has 1 amide bonds. The molecule has 1 aliphatic carbocycles. The Morgan fingerprint density at radius 2 is 2.30 bits per heavy atom. The van der Waals surface area contributed by atoms with Gasteiger partial charge in [-0.25, -0.2) is 4.98 Å². The maximum absolute atomic E-state index is 12.5. The molecule has 0 radical (unpaired) electrons. The van der Waals surface area contributed by atoms with Crippen LogP contribution in [-0.4, -0.2) is 46.6 Å². The molecular formula is C13H22N4O2S. The first-order valence-electron chi connectivity index (χ1n) is 6.95. The first kappa shape index (κ1) is 15.1. The number of nitrogens with two attached hydrogens (primary N) is 1. The molecule has 0 saturated heterocycles.